The Labute approximate surface area is 121 Å². The van der Waals surface area contributed by atoms with E-state index in [2.05, 4.69) is 11.9 Å². The number of rotatable bonds is 2. The third-order valence-corrected chi connectivity index (χ3v) is 3.96. The molecule has 3 rings (SSSR count). The average molecular weight is 291 g/mol. The molecular weight excluding hydrogens is 276 g/mol. The van der Waals surface area contributed by atoms with Crippen LogP contribution in [0.25, 0.3) is 17.0 Å². The quantitative estimate of drug-likeness (QED) is 0.865. The first-order valence-electron chi connectivity index (χ1n) is 6.45. The van der Waals surface area contributed by atoms with Crippen LogP contribution in [0.5, 0.6) is 0 Å². The Morgan fingerprint density at radius 1 is 1.45 bits per heavy atom. The fraction of sp³-hybridized carbons (Fsp3) is 0.267. The highest BCUT2D eigenvalue weighted by Gasteiger charge is 2.22. The molecule has 1 aliphatic rings. The first kappa shape index (κ1) is 13.2. The molecule has 0 saturated heterocycles. The van der Waals surface area contributed by atoms with E-state index in [9.17, 15) is 4.79 Å². The van der Waals surface area contributed by atoms with Gasteiger partial charge < -0.3 is 15.1 Å². The Hall–Kier alpha value is -1.78. The molecule has 0 spiro atoms. The molecular formula is C15H15ClN2O2. The Kier molecular flexibility index (Phi) is 3.28. The number of hydrogen-bond acceptors (Lipinski definition) is 3. The molecule has 0 fully saturated rings. The molecule has 0 unspecified atom stereocenters. The van der Waals surface area contributed by atoms with Gasteiger partial charge in [0.05, 0.1) is 0 Å². The van der Waals surface area contributed by atoms with Crippen LogP contribution in [0.4, 0.5) is 0 Å². The number of hydrogen-bond donors (Lipinski definition) is 1. The lowest BCUT2D eigenvalue weighted by Crippen LogP contribution is -2.18. The maximum absolute atomic E-state index is 10.9. The summed E-state index contributed by atoms with van der Waals surface area (Å²) in [5.41, 5.74) is 8.14. The van der Waals surface area contributed by atoms with E-state index in [4.69, 9.17) is 21.8 Å². The second kappa shape index (κ2) is 4.96. The monoisotopic (exact) mass is 290 g/mol. The molecule has 0 radical (unpaired) electrons. The van der Waals surface area contributed by atoms with E-state index in [1.807, 2.05) is 12.1 Å². The number of nitrogens with zero attached hydrogens (tertiary/aromatic N) is 1. The van der Waals surface area contributed by atoms with E-state index in [1.54, 1.807) is 6.08 Å². The molecule has 4 nitrogen and oxygen atoms in total. The van der Waals surface area contributed by atoms with Crippen LogP contribution in [0, 0.1) is 0 Å². The van der Waals surface area contributed by atoms with Gasteiger partial charge in [0.25, 0.3) is 0 Å². The van der Waals surface area contributed by atoms with Crippen molar-refractivity contribution in [3.05, 3.63) is 40.1 Å². The minimum absolute atomic E-state index is 0.488. The van der Waals surface area contributed by atoms with Gasteiger partial charge in [0.1, 0.15) is 11.3 Å². The molecule has 1 aromatic heterocycles. The van der Waals surface area contributed by atoms with Crippen LogP contribution < -0.4 is 5.73 Å². The van der Waals surface area contributed by atoms with Gasteiger partial charge in [-0.3, -0.25) is 4.79 Å². The lowest BCUT2D eigenvalue weighted by atomic mass is 10.0. The minimum atomic E-state index is -0.488. The molecule has 2 N–H and O–H groups in total. The van der Waals surface area contributed by atoms with Crippen molar-refractivity contribution in [2.24, 2.45) is 5.73 Å². The number of amides is 1. The van der Waals surface area contributed by atoms with Gasteiger partial charge in [-0.25, -0.2) is 0 Å². The molecule has 0 aliphatic carbocycles. The molecule has 1 amide bonds. The third kappa shape index (κ3) is 2.21. The number of likely N-dealkylation sites (N-methyl/N-ethyl adjacent to an activating group) is 1. The van der Waals surface area contributed by atoms with Gasteiger partial charge in [-0.2, -0.15) is 0 Å². The predicted octanol–water partition coefficient (Wildman–Crippen LogP) is 2.57. The Balaban J connectivity index is 2.25. The average Bonchev–Trinajstić information content (AvgIpc) is 2.62. The Morgan fingerprint density at radius 2 is 2.25 bits per heavy atom. The summed E-state index contributed by atoms with van der Waals surface area (Å²) >= 11 is 6.31. The number of halogens is 1. The normalized spacial score (nSPS) is 15.9. The topological polar surface area (TPSA) is 59.5 Å². The summed E-state index contributed by atoms with van der Waals surface area (Å²) in [5.74, 6) is 0.189. The highest BCUT2D eigenvalue weighted by molar-refractivity contribution is 6.32. The smallest absolute Gasteiger partial charge is 0.241 e. The van der Waals surface area contributed by atoms with Gasteiger partial charge in [0.2, 0.25) is 5.91 Å². The number of carbonyl (C=O) groups is 1. The number of benzene rings is 1. The fourth-order valence-electron chi connectivity index (χ4n) is 2.67. The summed E-state index contributed by atoms with van der Waals surface area (Å²) in [7, 11) is 2.06. The van der Waals surface area contributed by atoms with Gasteiger partial charge in [-0.05, 0) is 37.2 Å². The zero-order valence-corrected chi connectivity index (χ0v) is 11.9. The summed E-state index contributed by atoms with van der Waals surface area (Å²) in [5, 5.41) is 1.84. The number of furan rings is 1. The van der Waals surface area contributed by atoms with Gasteiger partial charge >= 0.3 is 0 Å². The second-order valence-corrected chi connectivity index (χ2v) is 5.47. The molecule has 20 heavy (non-hydrogen) atoms. The van der Waals surface area contributed by atoms with Crippen LogP contribution >= 0.6 is 11.6 Å². The number of nitrogens with two attached hydrogens (primary N) is 1. The summed E-state index contributed by atoms with van der Waals surface area (Å²) in [4.78, 5) is 13.1. The molecule has 1 aliphatic heterocycles. The third-order valence-electron chi connectivity index (χ3n) is 3.61. The van der Waals surface area contributed by atoms with Crippen LogP contribution in [0.1, 0.15) is 16.9 Å². The second-order valence-electron chi connectivity index (χ2n) is 5.07. The zero-order chi connectivity index (χ0) is 14.3. The molecule has 0 atom stereocenters. The lowest BCUT2D eigenvalue weighted by Gasteiger charge is -2.12. The summed E-state index contributed by atoms with van der Waals surface area (Å²) in [6.07, 6.45) is 3.84. The van der Waals surface area contributed by atoms with Gasteiger partial charge in [0, 0.05) is 35.1 Å². The van der Waals surface area contributed by atoms with E-state index in [1.165, 1.54) is 6.08 Å². The minimum Gasteiger partial charge on any atom is -0.456 e. The fourth-order valence-corrected chi connectivity index (χ4v) is 2.92. The molecule has 104 valence electrons. The van der Waals surface area contributed by atoms with Gasteiger partial charge in [-0.1, -0.05) is 11.6 Å². The van der Waals surface area contributed by atoms with Crippen LogP contribution in [0.3, 0.4) is 0 Å². The van der Waals surface area contributed by atoms with E-state index < -0.39 is 5.91 Å². The highest BCUT2D eigenvalue weighted by atomic mass is 35.5. The predicted molar refractivity (Wildman–Crippen MR) is 79.5 cm³/mol. The van der Waals surface area contributed by atoms with E-state index in [-0.39, 0.29) is 0 Å². The zero-order valence-electron chi connectivity index (χ0n) is 11.1. The van der Waals surface area contributed by atoms with Crippen LogP contribution in [-0.4, -0.2) is 24.4 Å². The lowest BCUT2D eigenvalue weighted by molar-refractivity contribution is -0.113. The first-order valence-corrected chi connectivity index (χ1v) is 6.83. The molecule has 0 bridgehead atoms. The first-order chi connectivity index (χ1) is 9.56. The maximum atomic E-state index is 10.9. The molecule has 2 heterocycles. The van der Waals surface area contributed by atoms with Crippen molar-refractivity contribution < 1.29 is 9.21 Å². The number of carbonyl (C=O) groups excluding carboxylic acids is 1. The maximum Gasteiger partial charge on any atom is 0.241 e. The van der Waals surface area contributed by atoms with Crippen molar-refractivity contribution in [3.63, 3.8) is 0 Å². The van der Waals surface area contributed by atoms with Gasteiger partial charge in [0.15, 0.2) is 0 Å². The van der Waals surface area contributed by atoms with E-state index in [0.717, 1.165) is 46.6 Å². The molecule has 5 heteroatoms. The van der Waals surface area contributed by atoms with Crippen molar-refractivity contribution in [1.29, 1.82) is 0 Å². The van der Waals surface area contributed by atoms with Crippen molar-refractivity contribution in [2.45, 2.75) is 13.0 Å². The van der Waals surface area contributed by atoms with Crippen molar-refractivity contribution in [2.75, 3.05) is 13.6 Å². The SMILES string of the molecule is CN1CCc2c(Cl)ccc3oc(/C=C/C(N)=O)c(c23)C1. The highest BCUT2D eigenvalue weighted by Crippen LogP contribution is 2.36. The summed E-state index contributed by atoms with van der Waals surface area (Å²) in [6, 6.07) is 3.73. The van der Waals surface area contributed by atoms with Crippen LogP contribution in [0.15, 0.2) is 22.6 Å². The van der Waals surface area contributed by atoms with Crippen molar-refractivity contribution in [1.82, 2.24) is 4.90 Å². The van der Waals surface area contributed by atoms with E-state index in [0.29, 0.717) is 5.76 Å². The molecule has 2 aromatic rings. The van der Waals surface area contributed by atoms with E-state index >= 15 is 0 Å². The van der Waals surface area contributed by atoms with Crippen molar-refractivity contribution in [3.8, 4) is 0 Å². The summed E-state index contributed by atoms with van der Waals surface area (Å²) < 4.78 is 5.84. The molecule has 1 aromatic carbocycles. The van der Waals surface area contributed by atoms with Crippen molar-refractivity contribution >= 4 is 34.6 Å². The Morgan fingerprint density at radius 3 is 3.00 bits per heavy atom. The standard InChI is InChI=1S/C15H15ClN2O2/c1-18-7-6-9-11(16)2-3-13-15(9)10(8-18)12(20-13)4-5-14(17)19/h2-5H,6-8H2,1H3,(H2,17,19)/b5-4+. The summed E-state index contributed by atoms with van der Waals surface area (Å²) in [6.45, 7) is 1.70. The van der Waals surface area contributed by atoms with Crippen LogP contribution in [0.2, 0.25) is 5.02 Å². The Bertz CT molecular complexity index is 718. The molecule has 0 saturated carbocycles. The largest absolute Gasteiger partial charge is 0.456 e. The number of primary amides is 1. The van der Waals surface area contributed by atoms with Crippen LogP contribution in [-0.2, 0) is 17.8 Å². The van der Waals surface area contributed by atoms with Gasteiger partial charge in [-0.15, -0.1) is 0 Å².